The molecule has 1 aliphatic rings. The lowest BCUT2D eigenvalue weighted by Crippen LogP contribution is -2.40. The van der Waals surface area contributed by atoms with Gasteiger partial charge in [0, 0.05) is 29.8 Å². The van der Waals surface area contributed by atoms with E-state index in [0.717, 1.165) is 40.0 Å². The van der Waals surface area contributed by atoms with E-state index < -0.39 is 11.2 Å². The Morgan fingerprint density at radius 3 is 2.50 bits per heavy atom. The second-order valence-corrected chi connectivity index (χ2v) is 8.38. The summed E-state index contributed by atoms with van der Waals surface area (Å²) in [5, 5.41) is 0.987. The molecule has 0 bridgehead atoms. The van der Waals surface area contributed by atoms with Crippen LogP contribution in [0, 0.1) is 0 Å². The van der Waals surface area contributed by atoms with Crippen LogP contribution in [0.3, 0.4) is 0 Å². The smallest absolute Gasteiger partial charge is 0.125 e. The second-order valence-electron chi connectivity index (χ2n) is 5.65. The summed E-state index contributed by atoms with van der Waals surface area (Å²) in [6.07, 6.45) is 5.53. The molecule has 1 aliphatic heterocycles. The van der Waals surface area contributed by atoms with Crippen molar-refractivity contribution in [2.24, 2.45) is 0 Å². The van der Waals surface area contributed by atoms with Gasteiger partial charge in [0.2, 0.25) is 0 Å². The number of rotatable bonds is 3. The van der Waals surface area contributed by atoms with Crippen molar-refractivity contribution in [2.45, 2.75) is 0 Å². The molecule has 0 radical (unpaired) electrons. The van der Waals surface area contributed by atoms with E-state index in [1.807, 2.05) is 24.5 Å². The summed E-state index contributed by atoms with van der Waals surface area (Å²) in [6, 6.07) is 12.5. The molecule has 0 saturated carbocycles. The molecule has 1 aromatic carbocycles. The molecule has 0 amide bonds. The van der Waals surface area contributed by atoms with Crippen LogP contribution in [0.15, 0.2) is 55.0 Å². The maximum Gasteiger partial charge on any atom is 0.125 e. The van der Waals surface area contributed by atoms with Crippen molar-refractivity contribution >= 4 is 28.2 Å². The monoisotopic (exact) mass is 355 g/mol. The molecule has 2 aromatic heterocycles. The number of hydrogen-bond donors (Lipinski definition) is 0. The summed E-state index contributed by atoms with van der Waals surface area (Å²) in [5.41, 5.74) is 3.42. The van der Waals surface area contributed by atoms with Crippen LogP contribution in [0.1, 0.15) is 0 Å². The van der Waals surface area contributed by atoms with E-state index in [2.05, 4.69) is 39.1 Å². The van der Waals surface area contributed by atoms with Gasteiger partial charge in [0.15, 0.2) is 0 Å². The number of aromatic nitrogens is 2. The van der Waals surface area contributed by atoms with Gasteiger partial charge in [0.1, 0.15) is 16.5 Å². The maximum atomic E-state index is 11.5. The third kappa shape index (κ3) is 3.31. The molecule has 3 heterocycles. The Morgan fingerprint density at radius 1 is 1.00 bits per heavy atom. The number of anilines is 1. The molecule has 122 valence electrons. The average molecular weight is 355 g/mol. The summed E-state index contributed by atoms with van der Waals surface area (Å²) in [4.78, 5) is 12.1. The normalized spacial score (nSPS) is 15.6. The third-order valence-corrected chi connectivity index (χ3v) is 6.48. The highest BCUT2D eigenvalue weighted by Gasteiger charge is 2.19. The minimum atomic E-state index is -0.638. The van der Waals surface area contributed by atoms with Crippen LogP contribution < -0.4 is 4.90 Å². The number of hydrogen-bond acceptors (Lipinski definition) is 5. The highest BCUT2D eigenvalue weighted by atomic mass is 32.2. The van der Waals surface area contributed by atoms with Crippen molar-refractivity contribution in [3.05, 3.63) is 55.0 Å². The summed E-state index contributed by atoms with van der Waals surface area (Å²) >= 11 is 1.04. The topological polar surface area (TPSA) is 52.1 Å². The predicted octanol–water partition coefficient (Wildman–Crippen LogP) is 3.44. The zero-order valence-electron chi connectivity index (χ0n) is 13.1. The Kier molecular flexibility index (Phi) is 4.51. The minimum Gasteiger partial charge on any atom is -0.616 e. The van der Waals surface area contributed by atoms with E-state index in [9.17, 15) is 4.55 Å². The van der Waals surface area contributed by atoms with Gasteiger partial charge >= 0.3 is 0 Å². The molecule has 4 nitrogen and oxygen atoms in total. The van der Waals surface area contributed by atoms with Crippen molar-refractivity contribution in [3.8, 4) is 21.0 Å². The highest BCUT2D eigenvalue weighted by molar-refractivity contribution is 7.91. The lowest BCUT2D eigenvalue weighted by Gasteiger charge is -2.29. The van der Waals surface area contributed by atoms with Crippen LogP contribution in [0.5, 0.6) is 0 Å². The first kappa shape index (κ1) is 15.6. The molecule has 0 unspecified atom stereocenters. The number of thiazole rings is 1. The van der Waals surface area contributed by atoms with Gasteiger partial charge in [-0.25, -0.2) is 4.98 Å². The average Bonchev–Trinajstić information content (AvgIpc) is 3.13. The SMILES string of the molecule is [O-][S+]1CCN(c2ccc(-c3cnc(-c4cccnc4)s3)cc2)CC1. The van der Waals surface area contributed by atoms with Gasteiger partial charge in [-0.05, 0) is 29.8 Å². The Balaban J connectivity index is 1.52. The van der Waals surface area contributed by atoms with E-state index in [4.69, 9.17) is 0 Å². The predicted molar refractivity (Wildman–Crippen MR) is 101 cm³/mol. The van der Waals surface area contributed by atoms with Gasteiger partial charge in [0.05, 0.1) is 18.0 Å². The van der Waals surface area contributed by atoms with E-state index >= 15 is 0 Å². The summed E-state index contributed by atoms with van der Waals surface area (Å²) < 4.78 is 11.5. The quantitative estimate of drug-likeness (QED) is 0.675. The zero-order valence-corrected chi connectivity index (χ0v) is 14.7. The Labute approximate surface area is 148 Å². The first-order valence-electron chi connectivity index (χ1n) is 7.86. The fourth-order valence-electron chi connectivity index (χ4n) is 2.76. The van der Waals surface area contributed by atoms with Crippen LogP contribution in [0.25, 0.3) is 21.0 Å². The lowest BCUT2D eigenvalue weighted by atomic mass is 10.2. The van der Waals surface area contributed by atoms with Gasteiger partial charge in [-0.2, -0.15) is 0 Å². The second kappa shape index (κ2) is 6.93. The van der Waals surface area contributed by atoms with Crippen LogP contribution in [0.4, 0.5) is 5.69 Å². The van der Waals surface area contributed by atoms with Crippen LogP contribution >= 0.6 is 11.3 Å². The van der Waals surface area contributed by atoms with E-state index in [-0.39, 0.29) is 0 Å². The molecule has 0 aliphatic carbocycles. The van der Waals surface area contributed by atoms with Crippen molar-refractivity contribution in [1.29, 1.82) is 0 Å². The van der Waals surface area contributed by atoms with Crippen molar-refractivity contribution in [1.82, 2.24) is 9.97 Å². The van der Waals surface area contributed by atoms with E-state index in [1.54, 1.807) is 17.5 Å². The van der Waals surface area contributed by atoms with Gasteiger partial charge in [-0.1, -0.05) is 23.3 Å². The minimum absolute atomic E-state index is 0.638. The molecule has 3 aromatic rings. The van der Waals surface area contributed by atoms with Crippen molar-refractivity contribution in [3.63, 3.8) is 0 Å². The van der Waals surface area contributed by atoms with Gasteiger partial charge in [-0.15, -0.1) is 11.3 Å². The molecule has 1 saturated heterocycles. The molecule has 1 fully saturated rings. The van der Waals surface area contributed by atoms with Crippen molar-refractivity contribution < 1.29 is 4.55 Å². The lowest BCUT2D eigenvalue weighted by molar-refractivity contribution is 0.586. The Hall–Kier alpha value is -1.89. The standard InChI is InChI=1S/C18H17N3OS2/c22-24-10-8-21(9-11-24)16-5-3-14(4-6-16)17-13-20-18(23-17)15-2-1-7-19-12-15/h1-7,12-13H,8-11H2. The van der Waals surface area contributed by atoms with E-state index in [0.29, 0.717) is 0 Å². The first-order valence-corrected chi connectivity index (χ1v) is 10.2. The van der Waals surface area contributed by atoms with Gasteiger partial charge in [-0.3, -0.25) is 4.98 Å². The number of pyridine rings is 1. The molecule has 0 atom stereocenters. The molecule has 4 rings (SSSR count). The van der Waals surface area contributed by atoms with Gasteiger partial charge < -0.3 is 9.45 Å². The number of nitrogens with zero attached hydrogens (tertiary/aromatic N) is 3. The Morgan fingerprint density at radius 2 is 1.79 bits per heavy atom. The van der Waals surface area contributed by atoms with Crippen LogP contribution in [-0.4, -0.2) is 39.1 Å². The first-order chi connectivity index (χ1) is 11.8. The maximum absolute atomic E-state index is 11.5. The van der Waals surface area contributed by atoms with Crippen LogP contribution in [-0.2, 0) is 11.2 Å². The zero-order chi connectivity index (χ0) is 16.4. The molecule has 6 heteroatoms. The van der Waals surface area contributed by atoms with Gasteiger partial charge in [0.25, 0.3) is 0 Å². The summed E-state index contributed by atoms with van der Waals surface area (Å²) in [6.45, 7) is 1.75. The number of benzene rings is 1. The fraction of sp³-hybridized carbons (Fsp3) is 0.222. The van der Waals surface area contributed by atoms with Crippen molar-refractivity contribution in [2.75, 3.05) is 29.5 Å². The Bertz CT molecular complexity index is 797. The largest absolute Gasteiger partial charge is 0.616 e. The fourth-order valence-corrected chi connectivity index (χ4v) is 4.73. The third-order valence-electron chi connectivity index (χ3n) is 4.11. The molecule has 24 heavy (non-hydrogen) atoms. The molecule has 0 N–H and O–H groups in total. The molecule has 0 spiro atoms. The molecular weight excluding hydrogens is 338 g/mol. The highest BCUT2D eigenvalue weighted by Crippen LogP contribution is 2.32. The molecular formula is C18H17N3OS2. The van der Waals surface area contributed by atoms with Crippen LogP contribution in [0.2, 0.25) is 0 Å². The summed E-state index contributed by atoms with van der Waals surface area (Å²) in [7, 11) is 0. The summed E-state index contributed by atoms with van der Waals surface area (Å²) in [5.74, 6) is 1.54. The van der Waals surface area contributed by atoms with E-state index in [1.165, 1.54) is 11.3 Å².